The number of rotatable bonds is 51. The zero-order valence-corrected chi connectivity index (χ0v) is 41.9. The van der Waals surface area contributed by atoms with Crippen molar-refractivity contribution in [1.82, 2.24) is 5.32 Å². The first-order chi connectivity index (χ1) is 30.7. The maximum atomic E-state index is 12.5. The summed E-state index contributed by atoms with van der Waals surface area (Å²) >= 11 is 0. The van der Waals surface area contributed by atoms with Crippen LogP contribution in [0.1, 0.15) is 296 Å². The highest BCUT2D eigenvalue weighted by Gasteiger charge is 2.20. The molecular formula is C58H109NO3. The number of aliphatic hydroxyl groups excluding tert-OH is 2. The minimum absolute atomic E-state index is 0.0269. The van der Waals surface area contributed by atoms with Gasteiger partial charge < -0.3 is 15.5 Å². The zero-order valence-electron chi connectivity index (χ0n) is 41.9. The van der Waals surface area contributed by atoms with E-state index in [1.807, 2.05) is 0 Å². The molecule has 0 aromatic heterocycles. The second-order valence-electron chi connectivity index (χ2n) is 19.0. The van der Waals surface area contributed by atoms with Crippen molar-refractivity contribution in [2.75, 3.05) is 6.61 Å². The molecule has 0 aromatic rings. The lowest BCUT2D eigenvalue weighted by atomic mass is 10.0. The third-order valence-electron chi connectivity index (χ3n) is 12.9. The maximum Gasteiger partial charge on any atom is 0.220 e. The van der Waals surface area contributed by atoms with Crippen molar-refractivity contribution in [3.05, 3.63) is 48.6 Å². The van der Waals surface area contributed by atoms with Crippen LogP contribution in [0.3, 0.4) is 0 Å². The predicted molar refractivity (Wildman–Crippen MR) is 276 cm³/mol. The fourth-order valence-corrected chi connectivity index (χ4v) is 8.65. The van der Waals surface area contributed by atoms with Gasteiger partial charge in [-0.05, 0) is 51.4 Å². The largest absolute Gasteiger partial charge is 0.394 e. The van der Waals surface area contributed by atoms with Crippen LogP contribution < -0.4 is 5.32 Å². The van der Waals surface area contributed by atoms with E-state index in [1.165, 1.54) is 218 Å². The molecule has 0 heterocycles. The van der Waals surface area contributed by atoms with Crippen LogP contribution in [-0.2, 0) is 4.79 Å². The van der Waals surface area contributed by atoms with Gasteiger partial charge in [0.25, 0.3) is 0 Å². The lowest BCUT2D eigenvalue weighted by Gasteiger charge is -2.22. The Morgan fingerprint density at radius 1 is 0.403 bits per heavy atom. The summed E-state index contributed by atoms with van der Waals surface area (Å²) in [6.07, 6.45) is 73.9. The minimum Gasteiger partial charge on any atom is -0.394 e. The highest BCUT2D eigenvalue weighted by atomic mass is 16.3. The summed E-state index contributed by atoms with van der Waals surface area (Å²) in [5, 5.41) is 23.3. The van der Waals surface area contributed by atoms with Crippen LogP contribution >= 0.6 is 0 Å². The normalized spacial score (nSPS) is 13.2. The number of hydrogen-bond acceptors (Lipinski definition) is 3. The van der Waals surface area contributed by atoms with E-state index in [-0.39, 0.29) is 12.5 Å². The average molecular weight is 869 g/mol. The Labute approximate surface area is 388 Å². The first-order valence-electron chi connectivity index (χ1n) is 27.8. The topological polar surface area (TPSA) is 69.6 Å². The van der Waals surface area contributed by atoms with E-state index in [2.05, 4.69) is 67.8 Å². The van der Waals surface area contributed by atoms with E-state index >= 15 is 0 Å². The third-order valence-corrected chi connectivity index (χ3v) is 12.9. The van der Waals surface area contributed by atoms with Crippen LogP contribution in [0.5, 0.6) is 0 Å². The molecule has 0 aromatic carbocycles. The van der Waals surface area contributed by atoms with Crippen LogP contribution in [-0.4, -0.2) is 34.9 Å². The molecule has 2 atom stereocenters. The van der Waals surface area contributed by atoms with Gasteiger partial charge >= 0.3 is 0 Å². The summed E-state index contributed by atoms with van der Waals surface area (Å²) in [6, 6.07) is -0.534. The van der Waals surface area contributed by atoms with Crippen LogP contribution in [0.15, 0.2) is 48.6 Å². The van der Waals surface area contributed by atoms with Crippen molar-refractivity contribution < 1.29 is 15.0 Å². The summed E-state index contributed by atoms with van der Waals surface area (Å²) in [5.41, 5.74) is 0. The summed E-state index contributed by atoms with van der Waals surface area (Å²) in [7, 11) is 0. The van der Waals surface area contributed by atoms with E-state index in [4.69, 9.17) is 0 Å². The van der Waals surface area contributed by atoms with Gasteiger partial charge in [0.15, 0.2) is 0 Å². The Balaban J connectivity index is 3.40. The third kappa shape index (κ3) is 49.4. The second-order valence-corrected chi connectivity index (χ2v) is 19.0. The molecule has 0 saturated heterocycles. The van der Waals surface area contributed by atoms with E-state index in [1.54, 1.807) is 0 Å². The van der Waals surface area contributed by atoms with Crippen LogP contribution in [0.2, 0.25) is 0 Å². The molecule has 0 spiro atoms. The standard InChI is InChI=1S/C58H109NO3/c1-3-5-7-9-11-13-15-17-19-20-21-22-23-24-25-26-27-28-29-30-31-32-33-34-35-36-37-38-40-42-44-46-48-50-52-54-58(62)59-56(55-60)57(61)53-51-49-47-45-43-41-39-18-16-14-12-10-8-6-4-2/h5,7,11,13,17,19,21-22,56-57,60-61H,3-4,6,8-10,12,14-16,18,20,23-55H2,1-2H3,(H,59,62)/b7-5-,13-11-,19-17-,22-21-. The highest BCUT2D eigenvalue weighted by molar-refractivity contribution is 5.76. The van der Waals surface area contributed by atoms with Crippen molar-refractivity contribution in [3.8, 4) is 0 Å². The predicted octanol–water partition coefficient (Wildman–Crippen LogP) is 18.3. The lowest BCUT2D eigenvalue weighted by molar-refractivity contribution is -0.123. The zero-order chi connectivity index (χ0) is 44.9. The molecule has 0 fully saturated rings. The molecule has 0 aliphatic heterocycles. The molecule has 0 radical (unpaired) electrons. The molecular weight excluding hydrogens is 759 g/mol. The Hall–Kier alpha value is -1.65. The van der Waals surface area contributed by atoms with Crippen LogP contribution in [0.25, 0.3) is 0 Å². The molecule has 1 amide bonds. The van der Waals surface area contributed by atoms with E-state index < -0.39 is 12.1 Å². The Morgan fingerprint density at radius 2 is 0.710 bits per heavy atom. The van der Waals surface area contributed by atoms with Gasteiger partial charge in [0.2, 0.25) is 5.91 Å². The van der Waals surface area contributed by atoms with Crippen molar-refractivity contribution in [2.45, 2.75) is 309 Å². The molecule has 62 heavy (non-hydrogen) atoms. The average Bonchev–Trinajstić information content (AvgIpc) is 3.28. The molecule has 4 nitrogen and oxygen atoms in total. The number of unbranched alkanes of at least 4 members (excludes halogenated alkanes) is 36. The van der Waals surface area contributed by atoms with Crippen molar-refractivity contribution in [2.24, 2.45) is 0 Å². The van der Waals surface area contributed by atoms with Gasteiger partial charge in [-0.15, -0.1) is 0 Å². The van der Waals surface area contributed by atoms with Gasteiger partial charge in [-0.25, -0.2) is 0 Å². The quantitative estimate of drug-likeness (QED) is 0.0421. The van der Waals surface area contributed by atoms with Crippen LogP contribution in [0.4, 0.5) is 0 Å². The van der Waals surface area contributed by atoms with Gasteiger partial charge in [0.1, 0.15) is 0 Å². The molecule has 2 unspecified atom stereocenters. The van der Waals surface area contributed by atoms with Gasteiger partial charge in [-0.2, -0.15) is 0 Å². The summed E-state index contributed by atoms with van der Waals surface area (Å²) in [5.74, 6) is -0.0269. The Kier molecular flexibility index (Phi) is 52.3. The molecule has 364 valence electrons. The van der Waals surface area contributed by atoms with Crippen molar-refractivity contribution in [3.63, 3.8) is 0 Å². The lowest BCUT2D eigenvalue weighted by Crippen LogP contribution is -2.45. The highest BCUT2D eigenvalue weighted by Crippen LogP contribution is 2.17. The minimum atomic E-state index is -0.657. The fraction of sp³-hybridized carbons (Fsp3) is 0.845. The molecule has 0 saturated carbocycles. The van der Waals surface area contributed by atoms with Crippen LogP contribution in [0, 0.1) is 0 Å². The van der Waals surface area contributed by atoms with E-state index in [0.717, 1.165) is 51.4 Å². The van der Waals surface area contributed by atoms with Gasteiger partial charge in [0.05, 0.1) is 18.8 Å². The van der Waals surface area contributed by atoms with E-state index in [0.29, 0.717) is 12.8 Å². The Morgan fingerprint density at radius 3 is 1.06 bits per heavy atom. The number of carbonyl (C=O) groups is 1. The molecule has 4 heteroatoms. The number of allylic oxidation sites excluding steroid dienone is 8. The number of nitrogens with one attached hydrogen (secondary N) is 1. The number of aliphatic hydroxyl groups is 2. The van der Waals surface area contributed by atoms with Gasteiger partial charge in [0, 0.05) is 6.42 Å². The number of amides is 1. The summed E-state index contributed by atoms with van der Waals surface area (Å²) in [4.78, 5) is 12.5. The fourth-order valence-electron chi connectivity index (χ4n) is 8.65. The first-order valence-corrected chi connectivity index (χ1v) is 27.8. The number of hydrogen-bond donors (Lipinski definition) is 3. The monoisotopic (exact) mass is 868 g/mol. The second kappa shape index (κ2) is 53.7. The van der Waals surface area contributed by atoms with Crippen molar-refractivity contribution >= 4 is 5.91 Å². The smallest absolute Gasteiger partial charge is 0.220 e. The number of carbonyl (C=O) groups excluding carboxylic acids is 1. The van der Waals surface area contributed by atoms with Crippen molar-refractivity contribution in [1.29, 1.82) is 0 Å². The SMILES string of the molecule is CC/C=C\C/C=C\C/C=C\C/C=C\CCCCCCCCCCCCCCCCCCCCCCCCC(=O)NC(CO)C(O)CCCCCCCCCCCCCCCCC. The van der Waals surface area contributed by atoms with Gasteiger partial charge in [-0.1, -0.05) is 287 Å². The van der Waals surface area contributed by atoms with Gasteiger partial charge in [-0.3, -0.25) is 4.79 Å². The summed E-state index contributed by atoms with van der Waals surface area (Å²) < 4.78 is 0. The Bertz CT molecular complexity index is 985. The molecule has 0 aliphatic rings. The van der Waals surface area contributed by atoms with E-state index in [9.17, 15) is 15.0 Å². The maximum absolute atomic E-state index is 12.5. The molecule has 3 N–H and O–H groups in total. The summed E-state index contributed by atoms with van der Waals surface area (Å²) in [6.45, 7) is 4.27. The molecule has 0 bridgehead atoms. The molecule has 0 rings (SSSR count). The molecule has 0 aliphatic carbocycles. The first kappa shape index (κ1) is 60.4.